The van der Waals surface area contributed by atoms with Gasteiger partial charge in [0.05, 0.1) is 0 Å². The highest BCUT2D eigenvalue weighted by Crippen LogP contribution is 2.43. The standard InChI is InChI=1S/C34H30/c1-33(27-16-7-3-8-17-27,28-18-9-4-10-19-28)31-24-15-25-32(26-31)34(2,29-20-11-5-12-21-29)30-22-13-6-14-23-30/h3-26H,1-2H3. The molecule has 0 spiro atoms. The summed E-state index contributed by atoms with van der Waals surface area (Å²) in [6.07, 6.45) is 0. The lowest BCUT2D eigenvalue weighted by Gasteiger charge is -2.36. The van der Waals surface area contributed by atoms with Crippen LogP contribution in [-0.4, -0.2) is 0 Å². The SMILES string of the molecule is CC(c1ccccc1)(c1ccccc1)c1cccc(C(C)(c2ccccc2)c2ccccc2)c1. The fraction of sp³-hybridized carbons (Fsp3) is 0.118. The molecule has 5 aromatic carbocycles. The Bertz CT molecular complexity index is 1150. The molecule has 0 N–H and O–H groups in total. The largest absolute Gasteiger partial charge is 0.0622 e. The molecule has 0 unspecified atom stereocenters. The molecule has 34 heavy (non-hydrogen) atoms. The third-order valence-corrected chi connectivity index (χ3v) is 7.42. The molecule has 0 saturated heterocycles. The van der Waals surface area contributed by atoms with E-state index in [0.717, 1.165) is 0 Å². The number of rotatable bonds is 6. The zero-order valence-electron chi connectivity index (χ0n) is 19.9. The average Bonchev–Trinajstić information content (AvgIpc) is 2.94. The Morgan fingerprint density at radius 1 is 0.294 bits per heavy atom. The van der Waals surface area contributed by atoms with Gasteiger partial charge < -0.3 is 0 Å². The Morgan fingerprint density at radius 3 is 0.794 bits per heavy atom. The summed E-state index contributed by atoms with van der Waals surface area (Å²) in [6.45, 7) is 4.69. The van der Waals surface area contributed by atoms with E-state index < -0.39 is 0 Å². The van der Waals surface area contributed by atoms with Crippen LogP contribution < -0.4 is 0 Å². The lowest BCUT2D eigenvalue weighted by Crippen LogP contribution is -2.28. The molecular weight excluding hydrogens is 408 g/mol. The van der Waals surface area contributed by atoms with Crippen LogP contribution in [0.15, 0.2) is 146 Å². The highest BCUT2D eigenvalue weighted by molar-refractivity contribution is 5.55. The Labute approximate surface area is 203 Å². The minimum Gasteiger partial charge on any atom is -0.0622 e. The minimum absolute atomic E-state index is 0.271. The maximum atomic E-state index is 2.42. The second-order valence-corrected chi connectivity index (χ2v) is 9.29. The third-order valence-electron chi connectivity index (χ3n) is 7.42. The zero-order chi connectivity index (χ0) is 23.4. The predicted molar refractivity (Wildman–Crippen MR) is 143 cm³/mol. The Hall–Kier alpha value is -3.90. The molecule has 0 saturated carbocycles. The summed E-state index contributed by atoms with van der Waals surface area (Å²) in [4.78, 5) is 0. The maximum absolute atomic E-state index is 2.42. The summed E-state index contributed by atoms with van der Waals surface area (Å²) in [5.41, 5.74) is 7.21. The van der Waals surface area contributed by atoms with E-state index in [-0.39, 0.29) is 10.8 Å². The third kappa shape index (κ3) is 3.76. The first-order valence-electron chi connectivity index (χ1n) is 12.0. The molecule has 0 atom stereocenters. The number of hydrogen-bond acceptors (Lipinski definition) is 0. The smallest absolute Gasteiger partial charge is 0.0423 e. The second-order valence-electron chi connectivity index (χ2n) is 9.29. The van der Waals surface area contributed by atoms with Crippen LogP contribution in [0.25, 0.3) is 0 Å². The van der Waals surface area contributed by atoms with Gasteiger partial charge in [-0.25, -0.2) is 0 Å². The number of hydrogen-bond donors (Lipinski definition) is 0. The molecule has 0 aliphatic heterocycles. The summed E-state index contributed by atoms with van der Waals surface area (Å²) < 4.78 is 0. The van der Waals surface area contributed by atoms with E-state index in [4.69, 9.17) is 0 Å². The minimum atomic E-state index is -0.271. The molecule has 5 aromatic rings. The van der Waals surface area contributed by atoms with Gasteiger partial charge in [0.1, 0.15) is 0 Å². The van der Waals surface area contributed by atoms with Crippen LogP contribution in [0.1, 0.15) is 47.2 Å². The van der Waals surface area contributed by atoms with Crippen molar-refractivity contribution in [2.75, 3.05) is 0 Å². The monoisotopic (exact) mass is 438 g/mol. The van der Waals surface area contributed by atoms with Crippen LogP contribution in [-0.2, 0) is 10.8 Å². The molecule has 0 bridgehead atoms. The van der Waals surface area contributed by atoms with E-state index in [2.05, 4.69) is 159 Å². The lowest BCUT2D eigenvalue weighted by atomic mass is 9.67. The summed E-state index contributed by atoms with van der Waals surface area (Å²) in [7, 11) is 0. The highest BCUT2D eigenvalue weighted by Gasteiger charge is 2.35. The number of benzene rings is 5. The van der Waals surface area contributed by atoms with Crippen molar-refractivity contribution >= 4 is 0 Å². The second kappa shape index (κ2) is 9.15. The maximum Gasteiger partial charge on any atom is 0.0423 e. The van der Waals surface area contributed by atoms with Crippen molar-refractivity contribution in [2.45, 2.75) is 24.7 Å². The summed E-state index contributed by atoms with van der Waals surface area (Å²) >= 11 is 0. The van der Waals surface area contributed by atoms with Gasteiger partial charge in [-0.15, -0.1) is 0 Å². The average molecular weight is 439 g/mol. The van der Waals surface area contributed by atoms with Gasteiger partial charge in [-0.2, -0.15) is 0 Å². The first-order valence-corrected chi connectivity index (χ1v) is 12.0. The molecule has 0 aliphatic carbocycles. The normalized spacial score (nSPS) is 11.8. The van der Waals surface area contributed by atoms with E-state index in [1.54, 1.807) is 0 Å². The quantitative estimate of drug-likeness (QED) is 0.233. The van der Waals surface area contributed by atoms with Crippen LogP contribution in [0.2, 0.25) is 0 Å². The molecule has 0 fully saturated rings. The topological polar surface area (TPSA) is 0 Å². The fourth-order valence-electron chi connectivity index (χ4n) is 5.23. The Balaban J connectivity index is 1.74. The summed E-state index contributed by atoms with van der Waals surface area (Å²) in [5, 5.41) is 0. The molecule has 0 heteroatoms. The molecule has 5 rings (SSSR count). The van der Waals surface area contributed by atoms with Crippen molar-refractivity contribution < 1.29 is 0 Å². The Morgan fingerprint density at radius 2 is 0.529 bits per heavy atom. The van der Waals surface area contributed by atoms with Crippen molar-refractivity contribution in [3.63, 3.8) is 0 Å². The molecule has 0 heterocycles. The van der Waals surface area contributed by atoms with E-state index in [1.807, 2.05) is 0 Å². The van der Waals surface area contributed by atoms with Gasteiger partial charge in [-0.3, -0.25) is 0 Å². The van der Waals surface area contributed by atoms with Gasteiger partial charge in [0.2, 0.25) is 0 Å². The molecule has 0 nitrogen and oxygen atoms in total. The molecule has 0 aromatic heterocycles. The molecule has 0 amide bonds. The van der Waals surface area contributed by atoms with Crippen molar-refractivity contribution in [1.82, 2.24) is 0 Å². The van der Waals surface area contributed by atoms with Crippen molar-refractivity contribution in [2.24, 2.45) is 0 Å². The highest BCUT2D eigenvalue weighted by atomic mass is 14.4. The van der Waals surface area contributed by atoms with Crippen molar-refractivity contribution in [1.29, 1.82) is 0 Å². The van der Waals surface area contributed by atoms with Crippen molar-refractivity contribution in [3.8, 4) is 0 Å². The van der Waals surface area contributed by atoms with E-state index in [1.165, 1.54) is 33.4 Å². The van der Waals surface area contributed by atoms with E-state index in [0.29, 0.717) is 0 Å². The van der Waals surface area contributed by atoms with Gasteiger partial charge in [0.15, 0.2) is 0 Å². The van der Waals surface area contributed by atoms with Gasteiger partial charge in [-0.1, -0.05) is 146 Å². The first-order chi connectivity index (χ1) is 16.6. The van der Waals surface area contributed by atoms with Gasteiger partial charge in [0.25, 0.3) is 0 Å². The van der Waals surface area contributed by atoms with Crippen LogP contribution in [0.4, 0.5) is 0 Å². The van der Waals surface area contributed by atoms with Gasteiger partial charge >= 0.3 is 0 Å². The molecular formula is C34H30. The summed E-state index contributed by atoms with van der Waals surface area (Å²) in [5.74, 6) is 0. The molecule has 166 valence electrons. The van der Waals surface area contributed by atoms with Crippen LogP contribution in [0.3, 0.4) is 0 Å². The fourth-order valence-corrected chi connectivity index (χ4v) is 5.23. The van der Waals surface area contributed by atoms with Crippen LogP contribution >= 0.6 is 0 Å². The van der Waals surface area contributed by atoms with Gasteiger partial charge in [-0.05, 0) is 47.2 Å². The Kier molecular flexibility index (Phi) is 5.90. The van der Waals surface area contributed by atoms with Crippen LogP contribution in [0, 0.1) is 0 Å². The zero-order valence-corrected chi connectivity index (χ0v) is 19.9. The lowest BCUT2D eigenvalue weighted by molar-refractivity contribution is 0.667. The van der Waals surface area contributed by atoms with E-state index in [9.17, 15) is 0 Å². The summed E-state index contributed by atoms with van der Waals surface area (Å²) in [6, 6.07) is 52.6. The van der Waals surface area contributed by atoms with E-state index >= 15 is 0 Å². The predicted octanol–water partition coefficient (Wildman–Crippen LogP) is 8.40. The van der Waals surface area contributed by atoms with Crippen molar-refractivity contribution in [3.05, 3.63) is 179 Å². The first kappa shape index (κ1) is 21.9. The molecule has 0 aliphatic rings. The van der Waals surface area contributed by atoms with Gasteiger partial charge in [0, 0.05) is 10.8 Å². The van der Waals surface area contributed by atoms with Crippen LogP contribution in [0.5, 0.6) is 0 Å². The molecule has 0 radical (unpaired) electrons.